The molecule has 0 aliphatic carbocycles. The van der Waals surface area contributed by atoms with Crippen LogP contribution in [-0.4, -0.2) is 29.6 Å². The lowest BCUT2D eigenvalue weighted by Crippen LogP contribution is -2.47. The van der Waals surface area contributed by atoms with Crippen molar-refractivity contribution in [2.24, 2.45) is 5.92 Å². The van der Waals surface area contributed by atoms with Crippen LogP contribution in [0, 0.1) is 5.92 Å². The van der Waals surface area contributed by atoms with Gasteiger partial charge in [-0.05, 0) is 32.6 Å². The lowest BCUT2D eigenvalue weighted by atomic mass is 10.00. The van der Waals surface area contributed by atoms with Crippen LogP contribution < -0.4 is 5.32 Å². The minimum absolute atomic E-state index is 0.148. The minimum atomic E-state index is -0.148. The van der Waals surface area contributed by atoms with Crippen LogP contribution in [0.3, 0.4) is 0 Å². The topological polar surface area (TPSA) is 32.3 Å². The molecule has 0 aromatic rings. The van der Waals surface area contributed by atoms with Gasteiger partial charge < -0.3 is 4.90 Å². The summed E-state index contributed by atoms with van der Waals surface area (Å²) in [5.41, 5.74) is -0.148. The Kier molecular flexibility index (Phi) is 4.78. The molecule has 1 rings (SSSR count). The molecule has 1 heterocycles. The van der Waals surface area contributed by atoms with E-state index < -0.39 is 0 Å². The monoisotopic (exact) mass is 226 g/mol. The van der Waals surface area contributed by atoms with Crippen LogP contribution >= 0.6 is 0 Å². The Morgan fingerprint density at radius 1 is 1.44 bits per heavy atom. The first-order valence-electron chi connectivity index (χ1n) is 6.53. The van der Waals surface area contributed by atoms with Gasteiger partial charge in [-0.25, -0.2) is 0 Å². The molecule has 1 aliphatic rings. The second-order valence-electron chi connectivity index (χ2n) is 5.49. The van der Waals surface area contributed by atoms with Crippen LogP contribution in [0.15, 0.2) is 0 Å². The summed E-state index contributed by atoms with van der Waals surface area (Å²) in [6, 6.07) is 0. The van der Waals surface area contributed by atoms with Gasteiger partial charge in [0.25, 0.3) is 0 Å². The van der Waals surface area contributed by atoms with E-state index in [4.69, 9.17) is 0 Å². The third kappa shape index (κ3) is 3.48. The largest absolute Gasteiger partial charge is 0.324 e. The zero-order chi connectivity index (χ0) is 12.2. The van der Waals surface area contributed by atoms with E-state index in [1.165, 1.54) is 19.3 Å². The van der Waals surface area contributed by atoms with Crippen molar-refractivity contribution in [2.45, 2.75) is 59.0 Å². The first-order valence-corrected chi connectivity index (χ1v) is 6.53. The zero-order valence-corrected chi connectivity index (χ0v) is 11.2. The highest BCUT2D eigenvalue weighted by molar-refractivity contribution is 5.81. The van der Waals surface area contributed by atoms with Crippen molar-refractivity contribution in [3.8, 4) is 0 Å². The molecule has 1 fully saturated rings. The molecule has 1 N–H and O–H groups in total. The Balaban J connectivity index is 2.29. The summed E-state index contributed by atoms with van der Waals surface area (Å²) in [4.78, 5) is 13.6. The maximum Gasteiger partial charge on any atom is 0.238 e. The van der Waals surface area contributed by atoms with Crippen LogP contribution in [0.5, 0.6) is 0 Å². The van der Waals surface area contributed by atoms with Gasteiger partial charge in [0.15, 0.2) is 0 Å². The quantitative estimate of drug-likeness (QED) is 0.754. The van der Waals surface area contributed by atoms with Gasteiger partial charge in [-0.3, -0.25) is 10.1 Å². The van der Waals surface area contributed by atoms with Crippen molar-refractivity contribution in [1.82, 2.24) is 10.2 Å². The third-order valence-electron chi connectivity index (χ3n) is 3.51. The van der Waals surface area contributed by atoms with Crippen LogP contribution in [-0.2, 0) is 4.79 Å². The Bertz CT molecular complexity index is 238. The molecule has 1 saturated heterocycles. The van der Waals surface area contributed by atoms with Gasteiger partial charge >= 0.3 is 0 Å². The van der Waals surface area contributed by atoms with E-state index >= 15 is 0 Å². The second kappa shape index (κ2) is 5.67. The molecule has 3 nitrogen and oxygen atoms in total. The van der Waals surface area contributed by atoms with Gasteiger partial charge in [0.2, 0.25) is 5.91 Å². The molecular formula is C13H26N2O. The van der Waals surface area contributed by atoms with Crippen molar-refractivity contribution in [3.63, 3.8) is 0 Å². The number of carbonyl (C=O) groups is 1. The Hall–Kier alpha value is -0.570. The number of nitrogens with one attached hydrogen (secondary N) is 1. The molecule has 94 valence electrons. The molecule has 0 saturated carbocycles. The van der Waals surface area contributed by atoms with Gasteiger partial charge in [0.05, 0.1) is 12.2 Å². The molecule has 0 spiro atoms. The summed E-state index contributed by atoms with van der Waals surface area (Å²) in [5, 5.41) is 3.24. The molecule has 1 aliphatic heterocycles. The van der Waals surface area contributed by atoms with E-state index in [1.807, 2.05) is 4.90 Å². The van der Waals surface area contributed by atoms with E-state index in [2.05, 4.69) is 33.0 Å². The minimum Gasteiger partial charge on any atom is -0.324 e. The normalized spacial score (nSPS) is 21.5. The Morgan fingerprint density at radius 3 is 2.62 bits per heavy atom. The maximum atomic E-state index is 11.7. The van der Waals surface area contributed by atoms with Crippen molar-refractivity contribution < 1.29 is 4.79 Å². The molecule has 16 heavy (non-hydrogen) atoms. The molecular weight excluding hydrogens is 200 g/mol. The maximum absolute atomic E-state index is 11.7. The number of nitrogens with zero attached hydrogens (tertiary/aromatic N) is 1. The molecule has 0 aromatic heterocycles. The van der Waals surface area contributed by atoms with Crippen molar-refractivity contribution in [1.29, 1.82) is 0 Å². The van der Waals surface area contributed by atoms with Crippen LogP contribution in [0.1, 0.15) is 53.4 Å². The average Bonchev–Trinajstić information content (AvgIpc) is 2.45. The molecule has 3 heteroatoms. The van der Waals surface area contributed by atoms with Gasteiger partial charge in [0, 0.05) is 6.54 Å². The number of hydrogen-bond donors (Lipinski definition) is 1. The van der Waals surface area contributed by atoms with Crippen LogP contribution in [0.4, 0.5) is 0 Å². The average molecular weight is 226 g/mol. The number of rotatable bonds is 6. The highest BCUT2D eigenvalue weighted by Crippen LogP contribution is 2.19. The molecule has 1 amide bonds. The van der Waals surface area contributed by atoms with Crippen LogP contribution in [0.25, 0.3) is 0 Å². The summed E-state index contributed by atoms with van der Waals surface area (Å²) in [6.07, 6.45) is 4.91. The Labute approximate surface area is 99.6 Å². The predicted molar refractivity (Wildman–Crippen MR) is 67.1 cm³/mol. The summed E-state index contributed by atoms with van der Waals surface area (Å²) in [5.74, 6) is 1.03. The lowest BCUT2D eigenvalue weighted by Gasteiger charge is -2.31. The second-order valence-corrected chi connectivity index (χ2v) is 5.49. The summed E-state index contributed by atoms with van der Waals surface area (Å²) >= 11 is 0. The molecule has 0 aromatic carbocycles. The van der Waals surface area contributed by atoms with E-state index in [-0.39, 0.29) is 11.6 Å². The van der Waals surface area contributed by atoms with Gasteiger partial charge in [-0.15, -0.1) is 0 Å². The third-order valence-corrected chi connectivity index (χ3v) is 3.51. The van der Waals surface area contributed by atoms with E-state index in [0.29, 0.717) is 6.54 Å². The highest BCUT2D eigenvalue weighted by atomic mass is 16.2. The molecule has 1 unspecified atom stereocenters. The van der Waals surface area contributed by atoms with Crippen molar-refractivity contribution in [2.75, 3.05) is 13.1 Å². The highest BCUT2D eigenvalue weighted by Gasteiger charge is 2.36. The molecule has 1 atom stereocenters. The fourth-order valence-electron chi connectivity index (χ4n) is 2.43. The summed E-state index contributed by atoms with van der Waals surface area (Å²) < 4.78 is 0. The fraction of sp³-hybridized carbons (Fsp3) is 0.923. The van der Waals surface area contributed by atoms with E-state index in [1.54, 1.807) is 0 Å². The van der Waals surface area contributed by atoms with Gasteiger partial charge in [0.1, 0.15) is 0 Å². The molecule has 0 radical (unpaired) electrons. The van der Waals surface area contributed by atoms with Crippen LogP contribution in [0.2, 0.25) is 0 Å². The first kappa shape index (κ1) is 13.5. The lowest BCUT2D eigenvalue weighted by molar-refractivity contribution is -0.129. The van der Waals surface area contributed by atoms with Gasteiger partial charge in [-0.2, -0.15) is 0 Å². The smallest absolute Gasteiger partial charge is 0.238 e. The van der Waals surface area contributed by atoms with E-state index in [0.717, 1.165) is 18.9 Å². The fourth-order valence-corrected chi connectivity index (χ4v) is 2.43. The van der Waals surface area contributed by atoms with E-state index in [9.17, 15) is 4.79 Å². The SMILES string of the molecule is CCCC(C)CCCN1C(=O)CNC1(C)C. The van der Waals surface area contributed by atoms with Crippen molar-refractivity contribution >= 4 is 5.91 Å². The number of amides is 1. The van der Waals surface area contributed by atoms with Crippen molar-refractivity contribution in [3.05, 3.63) is 0 Å². The molecule has 0 bridgehead atoms. The zero-order valence-electron chi connectivity index (χ0n) is 11.2. The number of carbonyl (C=O) groups excluding carboxylic acids is 1. The standard InChI is InChI=1S/C13H26N2O/c1-5-7-11(2)8-6-9-15-12(16)10-14-13(15,3)4/h11,14H,5-10H2,1-4H3. The predicted octanol–water partition coefficient (Wildman–Crippen LogP) is 2.37. The number of hydrogen-bond acceptors (Lipinski definition) is 2. The summed E-state index contributed by atoms with van der Waals surface area (Å²) in [6.45, 7) is 10.1. The Morgan fingerprint density at radius 2 is 2.12 bits per heavy atom. The summed E-state index contributed by atoms with van der Waals surface area (Å²) in [7, 11) is 0. The first-order chi connectivity index (χ1) is 7.47. The van der Waals surface area contributed by atoms with Gasteiger partial charge in [-0.1, -0.05) is 26.7 Å².